The van der Waals surface area contributed by atoms with Gasteiger partial charge in [0.2, 0.25) is 0 Å². The van der Waals surface area contributed by atoms with Crippen molar-refractivity contribution in [1.29, 1.82) is 0 Å². The maximum absolute atomic E-state index is 13.8. The van der Waals surface area contributed by atoms with E-state index in [2.05, 4.69) is 16.9 Å². The highest BCUT2D eigenvalue weighted by molar-refractivity contribution is 7.18. The van der Waals surface area contributed by atoms with Crippen LogP contribution in [0.2, 0.25) is 0 Å². The number of carbonyl (C=O) groups excluding carboxylic acids is 3. The molecule has 1 aromatic carbocycles. The first-order valence-electron chi connectivity index (χ1n) is 14.3. The summed E-state index contributed by atoms with van der Waals surface area (Å²) in [6, 6.07) is 9.56. The van der Waals surface area contributed by atoms with Crippen LogP contribution in [0.15, 0.2) is 48.2 Å². The summed E-state index contributed by atoms with van der Waals surface area (Å²) in [7, 11) is 0. The molecule has 0 aliphatic carbocycles. The normalized spacial score (nSPS) is 16.3. The third-order valence-corrected chi connectivity index (χ3v) is 8.53. The average Bonchev–Trinajstić information content (AvgIpc) is 3.61. The molecule has 1 amide bonds. The second kappa shape index (κ2) is 12.4. The fraction of sp³-hybridized carbons (Fsp3) is 0.344. The smallest absolute Gasteiger partial charge is 0.301 e. The number of amides is 1. The largest absolute Gasteiger partial charge is 0.505 e. The number of nitrogens with zero attached hydrogens (tertiary/aromatic N) is 4. The minimum atomic E-state index is -1.06. The number of aliphatic hydroxyl groups is 1. The second-order valence-corrected chi connectivity index (χ2v) is 11.3. The van der Waals surface area contributed by atoms with Crippen LogP contribution in [-0.2, 0) is 9.59 Å². The molecule has 4 aromatic rings. The first-order valence-corrected chi connectivity index (χ1v) is 15.1. The van der Waals surface area contributed by atoms with Crippen LogP contribution in [0.4, 0.5) is 5.13 Å². The fourth-order valence-corrected chi connectivity index (χ4v) is 6.29. The number of hydrogen-bond donors (Lipinski definition) is 1. The molecule has 1 fully saturated rings. The maximum Gasteiger partial charge on any atom is 0.301 e. The third kappa shape index (κ3) is 5.52. The fourth-order valence-electron chi connectivity index (χ4n) is 5.30. The number of rotatable bonds is 11. The van der Waals surface area contributed by atoms with E-state index in [1.165, 1.54) is 11.8 Å². The Hall–Kier alpha value is -4.51. The van der Waals surface area contributed by atoms with E-state index in [1.54, 1.807) is 54.8 Å². The lowest BCUT2D eigenvalue weighted by atomic mass is 9.96. The van der Waals surface area contributed by atoms with Gasteiger partial charge in [0.05, 0.1) is 41.1 Å². The summed E-state index contributed by atoms with van der Waals surface area (Å²) < 4.78 is 13.6. The SMILES string of the molecule is CCCCCOc1ccc(C2C(=C(O)c3c(C)nc4ccccn34)C(=O)C(=O)N2c2nc(C)c(C(C)=O)s2)cc1OCC. The van der Waals surface area contributed by atoms with Gasteiger partial charge in [-0.05, 0) is 57.0 Å². The molecule has 1 N–H and O–H groups in total. The van der Waals surface area contributed by atoms with Gasteiger partial charge in [-0.15, -0.1) is 0 Å². The van der Waals surface area contributed by atoms with Crippen LogP contribution in [0.25, 0.3) is 11.4 Å². The van der Waals surface area contributed by atoms with E-state index >= 15 is 0 Å². The van der Waals surface area contributed by atoms with E-state index < -0.39 is 17.7 Å². The average molecular weight is 603 g/mol. The Morgan fingerprint density at radius 1 is 1.02 bits per heavy atom. The van der Waals surface area contributed by atoms with Gasteiger partial charge in [-0.1, -0.05) is 43.2 Å². The van der Waals surface area contributed by atoms with Crippen molar-refractivity contribution in [3.8, 4) is 11.5 Å². The number of hydrogen-bond acceptors (Lipinski definition) is 9. The van der Waals surface area contributed by atoms with Gasteiger partial charge >= 0.3 is 5.91 Å². The molecule has 0 bridgehead atoms. The highest BCUT2D eigenvalue weighted by Crippen LogP contribution is 2.46. The molecule has 0 spiro atoms. The summed E-state index contributed by atoms with van der Waals surface area (Å²) in [5.41, 5.74) is 2.22. The molecule has 1 saturated heterocycles. The van der Waals surface area contributed by atoms with Gasteiger partial charge in [0.15, 0.2) is 28.2 Å². The number of anilines is 1. The topological polar surface area (TPSA) is 123 Å². The Morgan fingerprint density at radius 3 is 2.51 bits per heavy atom. The van der Waals surface area contributed by atoms with E-state index in [0.29, 0.717) is 57.9 Å². The molecule has 5 rings (SSSR count). The molecule has 0 saturated carbocycles. The van der Waals surface area contributed by atoms with Gasteiger partial charge in [0.1, 0.15) is 11.3 Å². The number of unbranched alkanes of at least 4 members (excludes halogenated alkanes) is 2. The number of aromatic nitrogens is 3. The van der Waals surface area contributed by atoms with Crippen molar-refractivity contribution in [3.63, 3.8) is 0 Å². The van der Waals surface area contributed by atoms with Crippen LogP contribution >= 0.6 is 11.3 Å². The molecule has 1 aliphatic rings. The summed E-state index contributed by atoms with van der Waals surface area (Å²) in [5, 5.41) is 12.0. The Morgan fingerprint density at radius 2 is 1.81 bits per heavy atom. The quantitative estimate of drug-likeness (QED) is 0.0707. The molecular weight excluding hydrogens is 568 g/mol. The van der Waals surface area contributed by atoms with Crippen molar-refractivity contribution in [1.82, 2.24) is 14.4 Å². The number of fused-ring (bicyclic) bond motifs is 1. The Labute approximate surface area is 253 Å². The lowest BCUT2D eigenvalue weighted by Gasteiger charge is -2.24. The molecule has 224 valence electrons. The Bertz CT molecular complexity index is 1750. The molecule has 11 heteroatoms. The van der Waals surface area contributed by atoms with Gasteiger partial charge in [-0.2, -0.15) is 0 Å². The van der Waals surface area contributed by atoms with Crippen LogP contribution in [0, 0.1) is 13.8 Å². The standard InChI is InChI=1S/C32H34N4O6S/c1-6-8-11-16-42-22-14-13-21(17-23(22)41-7-2)27-25(28(38)26-18(3)33-24-12-9-10-15-35(24)26)29(39)31(40)36(27)32-34-19(4)30(43-32)20(5)37/h9-10,12-15,17,27,38H,6-8,11,16H2,1-5H3. The first-order chi connectivity index (χ1) is 20.7. The van der Waals surface area contributed by atoms with Crippen molar-refractivity contribution in [2.45, 2.75) is 59.9 Å². The van der Waals surface area contributed by atoms with Crippen molar-refractivity contribution < 1.29 is 29.0 Å². The van der Waals surface area contributed by atoms with Crippen LogP contribution in [-0.4, -0.2) is 50.2 Å². The predicted molar refractivity (Wildman–Crippen MR) is 164 cm³/mol. The van der Waals surface area contributed by atoms with Gasteiger partial charge in [0, 0.05) is 13.1 Å². The molecular formula is C32H34N4O6S. The zero-order valence-electron chi connectivity index (χ0n) is 24.8. The van der Waals surface area contributed by atoms with Crippen LogP contribution in [0.3, 0.4) is 0 Å². The zero-order valence-corrected chi connectivity index (χ0v) is 25.7. The van der Waals surface area contributed by atoms with Crippen LogP contribution < -0.4 is 14.4 Å². The number of imidazole rings is 1. The lowest BCUT2D eigenvalue weighted by molar-refractivity contribution is -0.132. The monoisotopic (exact) mass is 602 g/mol. The highest BCUT2D eigenvalue weighted by atomic mass is 32.1. The van der Waals surface area contributed by atoms with E-state index in [0.717, 1.165) is 30.6 Å². The minimum Gasteiger partial charge on any atom is -0.505 e. The van der Waals surface area contributed by atoms with Crippen LogP contribution in [0.5, 0.6) is 11.5 Å². The summed E-state index contributed by atoms with van der Waals surface area (Å²) in [4.78, 5) is 50.5. The lowest BCUT2D eigenvalue weighted by Crippen LogP contribution is -2.29. The van der Waals surface area contributed by atoms with E-state index in [1.807, 2.05) is 13.0 Å². The number of thiazole rings is 1. The Balaban J connectivity index is 1.71. The van der Waals surface area contributed by atoms with Gasteiger partial charge in [-0.3, -0.25) is 23.7 Å². The molecule has 10 nitrogen and oxygen atoms in total. The molecule has 1 atom stereocenters. The minimum absolute atomic E-state index is 0.116. The summed E-state index contributed by atoms with van der Waals surface area (Å²) in [6.07, 6.45) is 4.72. The number of benzene rings is 1. The molecule has 0 radical (unpaired) electrons. The molecule has 43 heavy (non-hydrogen) atoms. The maximum atomic E-state index is 13.8. The number of aryl methyl sites for hydroxylation is 2. The number of ether oxygens (including phenoxy) is 2. The summed E-state index contributed by atoms with van der Waals surface area (Å²) in [5.74, 6) is -1.30. The van der Waals surface area contributed by atoms with E-state index in [4.69, 9.17) is 9.47 Å². The molecule has 1 aliphatic heterocycles. The van der Waals surface area contributed by atoms with Crippen molar-refractivity contribution in [2.75, 3.05) is 18.1 Å². The third-order valence-electron chi connectivity index (χ3n) is 7.27. The molecule has 4 heterocycles. The Kier molecular flexibility index (Phi) is 8.63. The number of ketones is 2. The highest BCUT2D eigenvalue weighted by Gasteiger charge is 2.49. The first kappa shape index (κ1) is 30.0. The number of carbonyl (C=O) groups is 3. The summed E-state index contributed by atoms with van der Waals surface area (Å²) in [6.45, 7) is 9.70. The zero-order chi connectivity index (χ0) is 30.8. The van der Waals surface area contributed by atoms with Crippen molar-refractivity contribution in [3.05, 3.63) is 75.7 Å². The molecule has 1 unspecified atom stereocenters. The number of Topliss-reactive ketones (excluding diaryl/α,β-unsaturated/α-hetero) is 2. The molecule has 3 aromatic heterocycles. The van der Waals surface area contributed by atoms with Gasteiger partial charge in [0.25, 0.3) is 5.78 Å². The van der Waals surface area contributed by atoms with Crippen molar-refractivity contribution in [2.24, 2.45) is 0 Å². The second-order valence-electron chi connectivity index (χ2n) is 10.3. The van der Waals surface area contributed by atoms with Crippen LogP contribution in [0.1, 0.15) is 78.4 Å². The number of aliphatic hydroxyl groups excluding tert-OH is 1. The van der Waals surface area contributed by atoms with Gasteiger partial charge < -0.3 is 14.6 Å². The number of pyridine rings is 1. The van der Waals surface area contributed by atoms with E-state index in [-0.39, 0.29) is 22.2 Å². The van der Waals surface area contributed by atoms with Crippen molar-refractivity contribution >= 4 is 45.3 Å². The summed E-state index contributed by atoms with van der Waals surface area (Å²) >= 11 is 1.03. The van der Waals surface area contributed by atoms with Gasteiger partial charge in [-0.25, -0.2) is 9.97 Å². The van der Waals surface area contributed by atoms with E-state index in [9.17, 15) is 19.5 Å². The predicted octanol–water partition coefficient (Wildman–Crippen LogP) is 6.20.